The van der Waals surface area contributed by atoms with E-state index in [1.165, 1.54) is 24.8 Å². The molecular formula is C11H11ClN4O3. The Kier molecular flexibility index (Phi) is 3.86. The second-order valence-electron chi connectivity index (χ2n) is 3.79. The van der Waals surface area contributed by atoms with Gasteiger partial charge in [-0.25, -0.2) is 9.78 Å². The summed E-state index contributed by atoms with van der Waals surface area (Å²) in [5.74, 6) is -1.35. The summed E-state index contributed by atoms with van der Waals surface area (Å²) in [4.78, 5) is 28.7. The highest BCUT2D eigenvalue weighted by Crippen LogP contribution is 2.08. The quantitative estimate of drug-likeness (QED) is 0.761. The summed E-state index contributed by atoms with van der Waals surface area (Å²) in [6.45, 7) is 0.783. The molecule has 0 fully saturated rings. The molecule has 0 saturated carbocycles. The van der Waals surface area contributed by atoms with Crippen LogP contribution >= 0.6 is 11.6 Å². The van der Waals surface area contributed by atoms with Crippen molar-refractivity contribution in [3.63, 3.8) is 0 Å². The summed E-state index contributed by atoms with van der Waals surface area (Å²) in [7, 11) is 0. The number of imidazole rings is 1. The number of H-pyrrole nitrogens is 1. The van der Waals surface area contributed by atoms with Crippen molar-refractivity contribution in [2.45, 2.75) is 6.54 Å². The number of hydrogen-bond acceptors (Lipinski definition) is 3. The number of rotatable bonds is 5. The van der Waals surface area contributed by atoms with E-state index in [0.29, 0.717) is 23.8 Å². The smallest absolute Gasteiger partial charge is 0.356 e. The fourth-order valence-electron chi connectivity index (χ4n) is 1.49. The highest BCUT2D eigenvalue weighted by Gasteiger charge is 2.08. The van der Waals surface area contributed by atoms with E-state index in [9.17, 15) is 9.59 Å². The van der Waals surface area contributed by atoms with E-state index in [1.54, 1.807) is 4.57 Å². The molecule has 0 aromatic carbocycles. The lowest BCUT2D eigenvalue weighted by Crippen LogP contribution is -2.27. The Labute approximate surface area is 113 Å². The van der Waals surface area contributed by atoms with Crippen molar-refractivity contribution in [2.75, 3.05) is 6.54 Å². The van der Waals surface area contributed by atoms with Crippen LogP contribution in [-0.4, -0.2) is 38.1 Å². The maximum Gasteiger partial charge on any atom is 0.356 e. The third-order valence-electron chi connectivity index (χ3n) is 2.40. The van der Waals surface area contributed by atoms with Crippen molar-refractivity contribution in [3.05, 3.63) is 41.2 Å². The van der Waals surface area contributed by atoms with Gasteiger partial charge in [-0.05, 0) is 6.07 Å². The van der Waals surface area contributed by atoms with Gasteiger partial charge in [0, 0.05) is 25.5 Å². The molecule has 0 spiro atoms. The first-order chi connectivity index (χ1) is 9.06. The summed E-state index contributed by atoms with van der Waals surface area (Å²) in [5, 5.41) is 11.8. The first-order valence-corrected chi connectivity index (χ1v) is 5.81. The van der Waals surface area contributed by atoms with Gasteiger partial charge in [-0.3, -0.25) is 4.79 Å². The lowest BCUT2D eigenvalue weighted by atomic mass is 10.4. The summed E-state index contributed by atoms with van der Waals surface area (Å²) < 4.78 is 1.59. The Bertz CT molecular complexity index is 605. The van der Waals surface area contributed by atoms with Crippen molar-refractivity contribution in [2.24, 2.45) is 0 Å². The van der Waals surface area contributed by atoms with Gasteiger partial charge in [0.25, 0.3) is 5.91 Å². The Hall–Kier alpha value is -2.28. The van der Waals surface area contributed by atoms with E-state index in [4.69, 9.17) is 16.7 Å². The van der Waals surface area contributed by atoms with E-state index in [2.05, 4.69) is 15.3 Å². The summed E-state index contributed by atoms with van der Waals surface area (Å²) in [5.41, 5.74) is 0.351. The highest BCUT2D eigenvalue weighted by molar-refractivity contribution is 6.30. The molecule has 2 aromatic heterocycles. The van der Waals surface area contributed by atoms with Crippen molar-refractivity contribution in [1.82, 2.24) is 19.9 Å². The second kappa shape index (κ2) is 5.57. The zero-order chi connectivity index (χ0) is 13.8. The number of hydrogen-bond donors (Lipinski definition) is 3. The van der Waals surface area contributed by atoms with Gasteiger partial charge in [0.05, 0.1) is 11.3 Å². The predicted molar refractivity (Wildman–Crippen MR) is 67.3 cm³/mol. The van der Waals surface area contributed by atoms with E-state index < -0.39 is 5.97 Å². The maximum absolute atomic E-state index is 11.6. The van der Waals surface area contributed by atoms with Crippen molar-refractivity contribution in [3.8, 4) is 0 Å². The standard InChI is InChI=1S/C11H11ClN4O3/c12-7-3-8(14-4-7)10(17)13-1-2-16-5-9(11(18)19)15-6-16/h3-6,14H,1-2H2,(H,13,17)(H,18,19). The number of aromatic carboxylic acids is 1. The Morgan fingerprint density at radius 2 is 2.32 bits per heavy atom. The van der Waals surface area contributed by atoms with Crippen LogP contribution in [0.5, 0.6) is 0 Å². The van der Waals surface area contributed by atoms with Crippen molar-refractivity contribution in [1.29, 1.82) is 0 Å². The molecule has 1 amide bonds. The Morgan fingerprint density at radius 3 is 2.89 bits per heavy atom. The van der Waals surface area contributed by atoms with Crippen LogP contribution < -0.4 is 5.32 Å². The second-order valence-corrected chi connectivity index (χ2v) is 4.23. The van der Waals surface area contributed by atoms with Gasteiger partial charge in [-0.1, -0.05) is 11.6 Å². The Balaban J connectivity index is 1.83. The summed E-state index contributed by atoms with van der Waals surface area (Å²) in [6, 6.07) is 1.52. The number of nitrogens with zero attached hydrogens (tertiary/aromatic N) is 2. The molecule has 2 rings (SSSR count). The monoisotopic (exact) mass is 282 g/mol. The van der Waals surface area contributed by atoms with Crippen LogP contribution in [0.2, 0.25) is 5.02 Å². The summed E-state index contributed by atoms with van der Waals surface area (Å²) >= 11 is 5.69. The molecule has 3 N–H and O–H groups in total. The fraction of sp³-hybridized carbons (Fsp3) is 0.182. The molecule has 19 heavy (non-hydrogen) atoms. The fourth-order valence-corrected chi connectivity index (χ4v) is 1.65. The van der Waals surface area contributed by atoms with Gasteiger partial charge in [0.15, 0.2) is 5.69 Å². The van der Waals surface area contributed by atoms with Crippen LogP contribution in [0.15, 0.2) is 24.8 Å². The first-order valence-electron chi connectivity index (χ1n) is 5.43. The number of carboxylic acids is 1. The highest BCUT2D eigenvalue weighted by atomic mass is 35.5. The lowest BCUT2D eigenvalue weighted by Gasteiger charge is -2.04. The maximum atomic E-state index is 11.6. The average molecular weight is 283 g/mol. The SMILES string of the molecule is O=C(O)c1cn(CCNC(=O)c2cc(Cl)c[nH]2)cn1. The molecule has 2 aromatic rings. The van der Waals surface area contributed by atoms with Crippen LogP contribution in [0.4, 0.5) is 0 Å². The number of carboxylic acid groups (broad SMARTS) is 1. The minimum atomic E-state index is -1.08. The van der Waals surface area contributed by atoms with Crippen LogP contribution in [0.25, 0.3) is 0 Å². The van der Waals surface area contributed by atoms with Gasteiger partial charge < -0.3 is 20.0 Å². The molecule has 0 aliphatic carbocycles. The zero-order valence-electron chi connectivity index (χ0n) is 9.76. The molecule has 0 unspecified atom stereocenters. The van der Waals surface area contributed by atoms with Crippen LogP contribution in [0, 0.1) is 0 Å². The molecule has 0 aliphatic heterocycles. The van der Waals surface area contributed by atoms with E-state index in [-0.39, 0.29) is 11.6 Å². The molecule has 0 radical (unpaired) electrons. The van der Waals surface area contributed by atoms with Gasteiger partial charge >= 0.3 is 5.97 Å². The Morgan fingerprint density at radius 1 is 1.53 bits per heavy atom. The molecule has 0 aliphatic rings. The predicted octanol–water partition coefficient (Wildman–Crippen LogP) is 0.993. The molecule has 2 heterocycles. The number of carbonyl (C=O) groups excluding carboxylic acids is 1. The van der Waals surface area contributed by atoms with Crippen LogP contribution in [0.3, 0.4) is 0 Å². The van der Waals surface area contributed by atoms with E-state index in [0.717, 1.165) is 0 Å². The van der Waals surface area contributed by atoms with Gasteiger partial charge in [0.2, 0.25) is 0 Å². The normalized spacial score (nSPS) is 10.4. The molecule has 7 nitrogen and oxygen atoms in total. The number of carbonyl (C=O) groups is 2. The number of amides is 1. The average Bonchev–Trinajstić information content (AvgIpc) is 2.98. The number of nitrogens with one attached hydrogen (secondary N) is 2. The number of aromatic nitrogens is 3. The minimum absolute atomic E-state index is 0.0255. The van der Waals surface area contributed by atoms with E-state index in [1.807, 2.05) is 0 Å². The van der Waals surface area contributed by atoms with Crippen molar-refractivity contribution < 1.29 is 14.7 Å². The van der Waals surface area contributed by atoms with Crippen molar-refractivity contribution >= 4 is 23.5 Å². The molecular weight excluding hydrogens is 272 g/mol. The molecule has 100 valence electrons. The lowest BCUT2D eigenvalue weighted by molar-refractivity contribution is 0.0690. The zero-order valence-corrected chi connectivity index (χ0v) is 10.5. The van der Waals surface area contributed by atoms with E-state index >= 15 is 0 Å². The number of aromatic amines is 1. The molecule has 0 saturated heterocycles. The van der Waals surface area contributed by atoms with Gasteiger partial charge in [-0.2, -0.15) is 0 Å². The molecule has 8 heteroatoms. The van der Waals surface area contributed by atoms with Crippen LogP contribution in [0.1, 0.15) is 21.0 Å². The summed E-state index contributed by atoms with van der Waals surface area (Å²) in [6.07, 6.45) is 4.33. The third-order valence-corrected chi connectivity index (χ3v) is 2.62. The molecule has 0 atom stereocenters. The molecule has 0 bridgehead atoms. The van der Waals surface area contributed by atoms with Gasteiger partial charge in [0.1, 0.15) is 5.69 Å². The first kappa shape index (κ1) is 13.2. The number of halogens is 1. The van der Waals surface area contributed by atoms with Crippen LogP contribution in [-0.2, 0) is 6.54 Å². The topological polar surface area (TPSA) is 100 Å². The minimum Gasteiger partial charge on any atom is -0.476 e. The largest absolute Gasteiger partial charge is 0.476 e. The third kappa shape index (κ3) is 3.35. The van der Waals surface area contributed by atoms with Gasteiger partial charge in [-0.15, -0.1) is 0 Å².